The number of carbonyl (C=O) groups excluding carboxylic acids is 1. The van der Waals surface area contributed by atoms with E-state index >= 15 is 0 Å². The van der Waals surface area contributed by atoms with Crippen molar-refractivity contribution in [3.8, 4) is 11.3 Å². The van der Waals surface area contributed by atoms with Gasteiger partial charge in [0, 0.05) is 22.6 Å². The first-order chi connectivity index (χ1) is 11.7. The Kier molecular flexibility index (Phi) is 3.82. The van der Waals surface area contributed by atoms with Gasteiger partial charge in [0.1, 0.15) is 11.3 Å². The van der Waals surface area contributed by atoms with E-state index in [1.165, 1.54) is 0 Å². The van der Waals surface area contributed by atoms with Crippen LogP contribution in [0.3, 0.4) is 0 Å². The molecule has 2 heterocycles. The van der Waals surface area contributed by atoms with Gasteiger partial charge in [0.15, 0.2) is 0 Å². The van der Waals surface area contributed by atoms with Crippen molar-refractivity contribution in [2.24, 2.45) is 11.8 Å². The van der Waals surface area contributed by atoms with E-state index in [0.717, 1.165) is 41.1 Å². The van der Waals surface area contributed by atoms with E-state index in [1.807, 2.05) is 61.5 Å². The summed E-state index contributed by atoms with van der Waals surface area (Å²) >= 11 is 0. The van der Waals surface area contributed by atoms with Crippen LogP contribution >= 0.6 is 0 Å². The molecule has 1 fully saturated rings. The van der Waals surface area contributed by atoms with Crippen LogP contribution in [0, 0.1) is 11.8 Å². The quantitative estimate of drug-likeness (QED) is 0.767. The molecule has 1 atom stereocenters. The number of hydrogen-bond acceptors (Lipinski definition) is 3. The highest BCUT2D eigenvalue weighted by Crippen LogP contribution is 2.28. The maximum atomic E-state index is 12.3. The number of carbonyl (C=O) groups is 1. The molecule has 0 bridgehead atoms. The summed E-state index contributed by atoms with van der Waals surface area (Å²) in [4.78, 5) is 12.3. The van der Waals surface area contributed by atoms with E-state index in [4.69, 9.17) is 4.42 Å². The first-order valence-electron chi connectivity index (χ1n) is 8.31. The molecule has 1 aliphatic heterocycles. The third-order valence-corrected chi connectivity index (χ3v) is 4.80. The molecule has 122 valence electrons. The van der Waals surface area contributed by atoms with Crippen LogP contribution in [0.4, 0.5) is 5.69 Å². The zero-order chi connectivity index (χ0) is 16.5. The number of hydrogen-bond donors (Lipinski definition) is 2. The van der Waals surface area contributed by atoms with Gasteiger partial charge in [-0.2, -0.15) is 0 Å². The van der Waals surface area contributed by atoms with Gasteiger partial charge in [-0.15, -0.1) is 0 Å². The fourth-order valence-electron chi connectivity index (χ4n) is 2.98. The summed E-state index contributed by atoms with van der Waals surface area (Å²) in [6.45, 7) is 3.85. The molecule has 0 saturated carbocycles. The van der Waals surface area contributed by atoms with Crippen LogP contribution in [0.15, 0.2) is 59.0 Å². The second kappa shape index (κ2) is 6.13. The second-order valence-corrected chi connectivity index (χ2v) is 6.42. The Morgan fingerprint density at radius 3 is 2.58 bits per heavy atom. The third-order valence-electron chi connectivity index (χ3n) is 4.80. The Labute approximate surface area is 140 Å². The monoisotopic (exact) mass is 320 g/mol. The summed E-state index contributed by atoms with van der Waals surface area (Å²) in [6.07, 6.45) is 0. The first kappa shape index (κ1) is 15.0. The molecule has 1 unspecified atom stereocenters. The van der Waals surface area contributed by atoms with Crippen LogP contribution in [0.25, 0.3) is 22.3 Å². The lowest BCUT2D eigenvalue weighted by atomic mass is 9.88. The fraction of sp³-hybridized carbons (Fsp3) is 0.250. The molecule has 1 saturated heterocycles. The van der Waals surface area contributed by atoms with Crippen LogP contribution in [0.2, 0.25) is 0 Å². The van der Waals surface area contributed by atoms with Crippen molar-refractivity contribution in [2.45, 2.75) is 6.92 Å². The number of amides is 1. The number of rotatable bonds is 4. The number of nitrogens with one attached hydrogen (secondary N) is 2. The summed E-state index contributed by atoms with van der Waals surface area (Å²) in [5.41, 5.74) is 2.70. The van der Waals surface area contributed by atoms with Crippen LogP contribution < -0.4 is 10.6 Å². The molecule has 1 aliphatic rings. The molecule has 24 heavy (non-hydrogen) atoms. The molecule has 2 N–H and O–H groups in total. The Bertz CT molecular complexity index is 830. The summed E-state index contributed by atoms with van der Waals surface area (Å²) in [7, 11) is 0. The van der Waals surface area contributed by atoms with Gasteiger partial charge >= 0.3 is 0 Å². The molecule has 4 heteroatoms. The smallest absolute Gasteiger partial charge is 0.227 e. The van der Waals surface area contributed by atoms with E-state index in [9.17, 15) is 4.79 Å². The average Bonchev–Trinajstić information content (AvgIpc) is 2.98. The molecule has 0 radical (unpaired) electrons. The van der Waals surface area contributed by atoms with Crippen molar-refractivity contribution in [3.63, 3.8) is 0 Å². The number of para-hydroxylation sites is 1. The van der Waals surface area contributed by atoms with Gasteiger partial charge in [-0.25, -0.2) is 0 Å². The van der Waals surface area contributed by atoms with Crippen molar-refractivity contribution < 1.29 is 9.21 Å². The molecule has 4 nitrogen and oxygen atoms in total. The van der Waals surface area contributed by atoms with Gasteiger partial charge in [-0.1, -0.05) is 25.1 Å². The normalized spacial score (nSPS) is 15.9. The highest BCUT2D eigenvalue weighted by Gasteiger charge is 2.28. The molecule has 4 rings (SSSR count). The molecular weight excluding hydrogens is 300 g/mol. The van der Waals surface area contributed by atoms with E-state index < -0.39 is 0 Å². The van der Waals surface area contributed by atoms with Gasteiger partial charge in [0.05, 0.1) is 0 Å². The number of anilines is 1. The molecular formula is C20H20N2O2. The fourth-order valence-corrected chi connectivity index (χ4v) is 2.98. The van der Waals surface area contributed by atoms with E-state index in [-0.39, 0.29) is 11.8 Å². The predicted molar refractivity (Wildman–Crippen MR) is 95.8 cm³/mol. The number of fused-ring (bicyclic) bond motifs is 1. The van der Waals surface area contributed by atoms with Crippen LogP contribution in [0.5, 0.6) is 0 Å². The molecule has 2 aromatic carbocycles. The lowest BCUT2D eigenvalue weighted by Gasteiger charge is -2.31. The minimum Gasteiger partial charge on any atom is -0.456 e. The van der Waals surface area contributed by atoms with Crippen molar-refractivity contribution >= 4 is 22.6 Å². The summed E-state index contributed by atoms with van der Waals surface area (Å²) < 4.78 is 5.87. The Morgan fingerprint density at radius 2 is 1.92 bits per heavy atom. The summed E-state index contributed by atoms with van der Waals surface area (Å²) in [5, 5.41) is 7.30. The highest BCUT2D eigenvalue weighted by atomic mass is 16.3. The van der Waals surface area contributed by atoms with Crippen molar-refractivity contribution in [2.75, 3.05) is 18.4 Å². The maximum absolute atomic E-state index is 12.3. The largest absolute Gasteiger partial charge is 0.456 e. The van der Waals surface area contributed by atoms with Gasteiger partial charge in [0.2, 0.25) is 5.91 Å². The predicted octanol–water partition coefficient (Wildman–Crippen LogP) is 3.89. The van der Waals surface area contributed by atoms with Gasteiger partial charge in [-0.3, -0.25) is 4.79 Å². The topological polar surface area (TPSA) is 54.3 Å². The minimum atomic E-state index is 0.0290. The summed E-state index contributed by atoms with van der Waals surface area (Å²) in [6, 6.07) is 17.8. The maximum Gasteiger partial charge on any atom is 0.227 e. The second-order valence-electron chi connectivity index (χ2n) is 6.42. The van der Waals surface area contributed by atoms with E-state index in [2.05, 4.69) is 10.6 Å². The summed E-state index contributed by atoms with van der Waals surface area (Å²) in [5.74, 6) is 1.39. The molecule has 0 spiro atoms. The van der Waals surface area contributed by atoms with Crippen LogP contribution in [-0.2, 0) is 4.79 Å². The molecule has 1 aromatic heterocycles. The number of furan rings is 1. The van der Waals surface area contributed by atoms with Gasteiger partial charge in [0.25, 0.3) is 0 Å². The van der Waals surface area contributed by atoms with Crippen LogP contribution in [0.1, 0.15) is 6.92 Å². The zero-order valence-electron chi connectivity index (χ0n) is 13.6. The first-order valence-corrected chi connectivity index (χ1v) is 8.31. The lowest BCUT2D eigenvalue weighted by Crippen LogP contribution is -2.48. The van der Waals surface area contributed by atoms with Crippen molar-refractivity contribution in [3.05, 3.63) is 54.6 Å². The van der Waals surface area contributed by atoms with Crippen LogP contribution in [-0.4, -0.2) is 19.0 Å². The minimum absolute atomic E-state index is 0.0290. The highest BCUT2D eigenvalue weighted by molar-refractivity contribution is 5.93. The lowest BCUT2D eigenvalue weighted by molar-refractivity contribution is -0.121. The SMILES string of the molecule is CC(C(=O)Nc1ccc(-c2cc3ccccc3o2)cc1)C1CNC1. The van der Waals surface area contributed by atoms with Gasteiger partial charge in [-0.05, 0) is 55.4 Å². The van der Waals surface area contributed by atoms with E-state index in [0.29, 0.717) is 5.92 Å². The standard InChI is InChI=1S/C20H20N2O2/c1-13(16-11-21-12-16)20(23)22-17-8-6-14(7-9-17)19-10-15-4-2-3-5-18(15)24-19/h2-10,13,16,21H,11-12H2,1H3,(H,22,23). The van der Waals surface area contributed by atoms with Gasteiger partial charge < -0.3 is 15.1 Å². The molecule has 0 aliphatic carbocycles. The van der Waals surface area contributed by atoms with E-state index in [1.54, 1.807) is 0 Å². The zero-order valence-corrected chi connectivity index (χ0v) is 13.6. The Hall–Kier alpha value is -2.59. The van der Waals surface area contributed by atoms with Crippen molar-refractivity contribution in [1.29, 1.82) is 0 Å². The average molecular weight is 320 g/mol. The Morgan fingerprint density at radius 1 is 1.17 bits per heavy atom. The third kappa shape index (κ3) is 2.81. The molecule has 1 amide bonds. The van der Waals surface area contributed by atoms with Crippen molar-refractivity contribution in [1.82, 2.24) is 5.32 Å². The number of benzene rings is 2. The Balaban J connectivity index is 1.48. The molecule has 3 aromatic rings.